The summed E-state index contributed by atoms with van der Waals surface area (Å²) >= 11 is 0. The molecule has 27 heavy (non-hydrogen) atoms. The van der Waals surface area contributed by atoms with Crippen molar-refractivity contribution in [2.24, 2.45) is 17.3 Å². The van der Waals surface area contributed by atoms with Crippen LogP contribution in [0.4, 0.5) is 0 Å². The molecule has 0 aromatic carbocycles. The first-order valence-electron chi connectivity index (χ1n) is 10.0. The average Bonchev–Trinajstić information content (AvgIpc) is 3.23. The molecule has 2 N–H and O–H groups in total. The SMILES string of the molecule is CO[C@]1(C)CCC[C@]2(C)C[C@H]3OC(=O)[C@H](CNCc4ccco4)[C@H]3C[C@@]21O. The summed E-state index contributed by atoms with van der Waals surface area (Å²) in [4.78, 5) is 12.6. The zero-order chi connectivity index (χ0) is 19.3. The molecular weight excluding hydrogens is 346 g/mol. The molecule has 4 rings (SSSR count). The Labute approximate surface area is 160 Å². The maximum Gasteiger partial charge on any atom is 0.310 e. The Bertz CT molecular complexity index is 691. The van der Waals surface area contributed by atoms with Gasteiger partial charge < -0.3 is 24.3 Å². The van der Waals surface area contributed by atoms with E-state index in [9.17, 15) is 9.90 Å². The topological polar surface area (TPSA) is 80.9 Å². The van der Waals surface area contributed by atoms with Gasteiger partial charge in [-0.1, -0.05) is 6.92 Å². The lowest BCUT2D eigenvalue weighted by molar-refractivity contribution is -0.270. The number of ether oxygens (including phenoxy) is 2. The highest BCUT2D eigenvalue weighted by Gasteiger charge is 2.67. The second-order valence-electron chi connectivity index (χ2n) is 9.07. The van der Waals surface area contributed by atoms with Gasteiger partial charge >= 0.3 is 5.97 Å². The molecule has 150 valence electrons. The Balaban J connectivity index is 1.52. The van der Waals surface area contributed by atoms with Crippen molar-refractivity contribution in [2.75, 3.05) is 13.7 Å². The first kappa shape index (κ1) is 19.0. The highest BCUT2D eigenvalue weighted by molar-refractivity contribution is 5.75. The van der Waals surface area contributed by atoms with Gasteiger partial charge in [0.2, 0.25) is 0 Å². The zero-order valence-corrected chi connectivity index (χ0v) is 16.5. The first-order valence-corrected chi connectivity index (χ1v) is 10.0. The van der Waals surface area contributed by atoms with Crippen LogP contribution in [0.25, 0.3) is 0 Å². The van der Waals surface area contributed by atoms with Crippen LogP contribution in [-0.4, -0.2) is 42.0 Å². The maximum atomic E-state index is 12.6. The van der Waals surface area contributed by atoms with Crippen LogP contribution in [0.2, 0.25) is 0 Å². The van der Waals surface area contributed by atoms with Gasteiger partial charge in [0.1, 0.15) is 11.9 Å². The lowest BCUT2D eigenvalue weighted by atomic mass is 9.49. The van der Waals surface area contributed by atoms with E-state index in [4.69, 9.17) is 13.9 Å². The van der Waals surface area contributed by atoms with Crippen molar-refractivity contribution in [1.29, 1.82) is 0 Å². The van der Waals surface area contributed by atoms with Crippen LogP contribution in [0, 0.1) is 17.3 Å². The van der Waals surface area contributed by atoms with E-state index >= 15 is 0 Å². The summed E-state index contributed by atoms with van der Waals surface area (Å²) in [5.41, 5.74) is -1.85. The van der Waals surface area contributed by atoms with E-state index in [1.54, 1.807) is 13.4 Å². The molecule has 3 aliphatic rings. The average molecular weight is 377 g/mol. The van der Waals surface area contributed by atoms with Crippen molar-refractivity contribution >= 4 is 5.97 Å². The fourth-order valence-corrected chi connectivity index (χ4v) is 5.88. The van der Waals surface area contributed by atoms with Gasteiger partial charge in [0, 0.05) is 25.0 Å². The highest BCUT2D eigenvalue weighted by Crippen LogP contribution is 2.61. The van der Waals surface area contributed by atoms with E-state index in [1.807, 2.05) is 19.1 Å². The Morgan fingerprint density at radius 1 is 1.33 bits per heavy atom. The van der Waals surface area contributed by atoms with E-state index in [0.29, 0.717) is 25.9 Å². The van der Waals surface area contributed by atoms with E-state index in [0.717, 1.165) is 25.0 Å². The van der Waals surface area contributed by atoms with Crippen molar-refractivity contribution in [1.82, 2.24) is 5.32 Å². The van der Waals surface area contributed by atoms with Crippen LogP contribution in [-0.2, 0) is 20.8 Å². The van der Waals surface area contributed by atoms with Crippen molar-refractivity contribution in [2.45, 2.75) is 69.8 Å². The summed E-state index contributed by atoms with van der Waals surface area (Å²) in [6, 6.07) is 3.76. The van der Waals surface area contributed by atoms with E-state index in [1.165, 1.54) is 0 Å². The minimum Gasteiger partial charge on any atom is -0.468 e. The number of hydrogen-bond acceptors (Lipinski definition) is 6. The molecule has 1 aliphatic heterocycles. The summed E-state index contributed by atoms with van der Waals surface area (Å²) in [6.45, 7) is 5.26. The fraction of sp³-hybridized carbons (Fsp3) is 0.762. The number of esters is 1. The Morgan fingerprint density at radius 2 is 2.15 bits per heavy atom. The largest absolute Gasteiger partial charge is 0.468 e. The number of aliphatic hydroxyl groups is 1. The number of fused-ring (bicyclic) bond motifs is 2. The molecule has 1 aromatic rings. The molecule has 2 aliphatic carbocycles. The molecule has 0 bridgehead atoms. The van der Waals surface area contributed by atoms with Crippen LogP contribution in [0.15, 0.2) is 22.8 Å². The molecule has 0 radical (unpaired) electrons. The highest BCUT2D eigenvalue weighted by atomic mass is 16.6. The van der Waals surface area contributed by atoms with Gasteiger partial charge in [-0.05, 0) is 51.2 Å². The van der Waals surface area contributed by atoms with Crippen LogP contribution in [0.5, 0.6) is 0 Å². The molecule has 2 saturated carbocycles. The lowest BCUT2D eigenvalue weighted by Crippen LogP contribution is -2.69. The molecule has 6 atom stereocenters. The molecule has 3 fully saturated rings. The summed E-state index contributed by atoms with van der Waals surface area (Å²) in [5, 5.41) is 15.2. The summed E-state index contributed by atoms with van der Waals surface area (Å²) < 4.78 is 17.0. The quantitative estimate of drug-likeness (QED) is 0.768. The van der Waals surface area contributed by atoms with Crippen molar-refractivity contribution in [3.63, 3.8) is 0 Å². The van der Waals surface area contributed by atoms with Crippen LogP contribution >= 0.6 is 0 Å². The second-order valence-corrected chi connectivity index (χ2v) is 9.07. The van der Waals surface area contributed by atoms with Crippen LogP contribution in [0.1, 0.15) is 51.7 Å². The van der Waals surface area contributed by atoms with Gasteiger partial charge in [0.25, 0.3) is 0 Å². The molecule has 2 heterocycles. The van der Waals surface area contributed by atoms with Gasteiger partial charge in [0.15, 0.2) is 0 Å². The second kappa shape index (κ2) is 6.61. The van der Waals surface area contributed by atoms with Gasteiger partial charge in [-0.2, -0.15) is 0 Å². The monoisotopic (exact) mass is 377 g/mol. The summed E-state index contributed by atoms with van der Waals surface area (Å²) in [6.07, 6.45) is 5.56. The number of furan rings is 1. The number of carbonyl (C=O) groups is 1. The predicted molar refractivity (Wildman–Crippen MR) is 98.8 cm³/mol. The number of carbonyl (C=O) groups excluding carboxylic acids is 1. The van der Waals surface area contributed by atoms with Gasteiger partial charge in [-0.15, -0.1) is 0 Å². The minimum absolute atomic E-state index is 0.00671. The van der Waals surface area contributed by atoms with E-state index in [-0.39, 0.29) is 29.3 Å². The lowest BCUT2D eigenvalue weighted by Gasteiger charge is -2.62. The molecule has 1 aromatic heterocycles. The van der Waals surface area contributed by atoms with Crippen molar-refractivity contribution in [3.8, 4) is 0 Å². The first-order chi connectivity index (χ1) is 12.8. The predicted octanol–water partition coefficient (Wildman–Crippen LogP) is 2.65. The molecule has 1 saturated heterocycles. The Hall–Kier alpha value is -1.37. The molecule has 0 unspecified atom stereocenters. The number of rotatable bonds is 5. The number of nitrogens with one attached hydrogen (secondary N) is 1. The van der Waals surface area contributed by atoms with Gasteiger partial charge in [-0.25, -0.2) is 0 Å². The molecular formula is C21H31NO5. The molecule has 0 amide bonds. The third-order valence-electron chi connectivity index (χ3n) is 7.70. The Kier molecular flexibility index (Phi) is 4.64. The third kappa shape index (κ3) is 2.84. The maximum absolute atomic E-state index is 12.6. The van der Waals surface area contributed by atoms with Gasteiger partial charge in [0.05, 0.1) is 29.9 Å². The zero-order valence-electron chi connectivity index (χ0n) is 16.5. The van der Waals surface area contributed by atoms with Gasteiger partial charge in [-0.3, -0.25) is 4.79 Å². The minimum atomic E-state index is -0.957. The van der Waals surface area contributed by atoms with Crippen molar-refractivity contribution < 1.29 is 23.8 Å². The Morgan fingerprint density at radius 3 is 2.85 bits per heavy atom. The molecule has 6 heteroatoms. The smallest absolute Gasteiger partial charge is 0.310 e. The fourth-order valence-electron chi connectivity index (χ4n) is 5.88. The van der Waals surface area contributed by atoms with Crippen molar-refractivity contribution in [3.05, 3.63) is 24.2 Å². The van der Waals surface area contributed by atoms with Crippen LogP contribution in [0.3, 0.4) is 0 Å². The molecule has 0 spiro atoms. The normalized spacial score (nSPS) is 43.9. The van der Waals surface area contributed by atoms with E-state index < -0.39 is 11.2 Å². The number of methoxy groups -OCH3 is 1. The summed E-state index contributed by atoms with van der Waals surface area (Å²) in [5.74, 6) is 0.447. The summed E-state index contributed by atoms with van der Waals surface area (Å²) in [7, 11) is 1.69. The molecule has 6 nitrogen and oxygen atoms in total. The number of hydrogen-bond donors (Lipinski definition) is 2. The van der Waals surface area contributed by atoms with E-state index in [2.05, 4.69) is 12.2 Å². The third-order valence-corrected chi connectivity index (χ3v) is 7.70. The standard InChI is InChI=1S/C21H31NO5/c1-19-7-5-8-20(2,25-3)21(19,24)10-15-16(18(23)27-17(15)11-19)13-22-12-14-6-4-9-26-14/h4,6,9,15-17,22,24H,5,7-8,10-13H2,1-3H3/t15-,16-,17-,19-,20-,21-/m1/s1. The van der Waals surface area contributed by atoms with Crippen LogP contribution < -0.4 is 5.32 Å².